The summed E-state index contributed by atoms with van der Waals surface area (Å²) in [6.07, 6.45) is 1.79. The first-order valence-electron chi connectivity index (χ1n) is 4.71. The molecule has 1 aromatic heterocycles. The molecule has 0 N–H and O–H groups in total. The molecule has 0 bridgehead atoms. The molecule has 0 unspecified atom stereocenters. The third-order valence-corrected chi connectivity index (χ3v) is 3.30. The van der Waals surface area contributed by atoms with Gasteiger partial charge < -0.3 is 0 Å². The van der Waals surface area contributed by atoms with E-state index in [1.807, 2.05) is 25.1 Å². The SMILES string of the molecule is CCc1nc2ccccc2n1S(C)(=O)=O. The molecule has 5 heteroatoms. The molecule has 0 fully saturated rings. The smallest absolute Gasteiger partial charge is 0.232 e. The van der Waals surface area contributed by atoms with Gasteiger partial charge in [-0.25, -0.2) is 17.4 Å². The number of imidazole rings is 1. The Balaban J connectivity index is 2.91. The molecular formula is C10H12N2O2S. The van der Waals surface area contributed by atoms with Crippen molar-refractivity contribution in [3.05, 3.63) is 30.1 Å². The van der Waals surface area contributed by atoms with E-state index in [1.54, 1.807) is 6.07 Å². The van der Waals surface area contributed by atoms with Crippen molar-refractivity contribution in [2.45, 2.75) is 13.3 Å². The number of nitrogens with zero attached hydrogens (tertiary/aromatic N) is 2. The van der Waals surface area contributed by atoms with Gasteiger partial charge in [0.05, 0.1) is 17.3 Å². The molecule has 0 aliphatic rings. The van der Waals surface area contributed by atoms with E-state index in [1.165, 1.54) is 10.2 Å². The summed E-state index contributed by atoms with van der Waals surface area (Å²) in [6.45, 7) is 1.89. The van der Waals surface area contributed by atoms with Crippen LogP contribution >= 0.6 is 0 Å². The topological polar surface area (TPSA) is 52.0 Å². The standard InChI is InChI=1S/C10H12N2O2S/c1-3-10-11-8-6-4-5-7-9(8)12(10)15(2,13)14/h4-7H,3H2,1-2H3. The van der Waals surface area contributed by atoms with Crippen molar-refractivity contribution in [1.82, 2.24) is 8.96 Å². The zero-order valence-electron chi connectivity index (χ0n) is 8.64. The molecule has 80 valence electrons. The zero-order chi connectivity index (χ0) is 11.1. The summed E-state index contributed by atoms with van der Waals surface area (Å²) >= 11 is 0. The molecule has 1 aromatic carbocycles. The molecule has 0 aliphatic heterocycles. The summed E-state index contributed by atoms with van der Waals surface area (Å²) in [5.74, 6) is 0.582. The maximum atomic E-state index is 11.6. The minimum absolute atomic E-state index is 0.582. The number of aromatic nitrogens is 2. The minimum atomic E-state index is -3.27. The number of para-hydroxylation sites is 2. The third kappa shape index (κ3) is 1.63. The Morgan fingerprint density at radius 2 is 2.00 bits per heavy atom. The minimum Gasteiger partial charge on any atom is -0.232 e. The zero-order valence-corrected chi connectivity index (χ0v) is 9.45. The highest BCUT2D eigenvalue weighted by Crippen LogP contribution is 2.17. The van der Waals surface area contributed by atoms with Gasteiger partial charge in [0.15, 0.2) is 0 Å². The highest BCUT2D eigenvalue weighted by atomic mass is 32.2. The second kappa shape index (κ2) is 3.34. The molecule has 4 nitrogen and oxygen atoms in total. The highest BCUT2D eigenvalue weighted by Gasteiger charge is 2.15. The van der Waals surface area contributed by atoms with Crippen LogP contribution < -0.4 is 0 Å². The molecule has 0 saturated carbocycles. The van der Waals surface area contributed by atoms with Gasteiger partial charge in [-0.3, -0.25) is 0 Å². The van der Waals surface area contributed by atoms with Crippen molar-refractivity contribution < 1.29 is 8.42 Å². The Morgan fingerprint density at radius 1 is 1.33 bits per heavy atom. The van der Waals surface area contributed by atoms with Gasteiger partial charge in [-0.05, 0) is 12.1 Å². The average Bonchev–Trinajstić information content (AvgIpc) is 2.54. The van der Waals surface area contributed by atoms with Crippen LogP contribution in [0.4, 0.5) is 0 Å². The maximum absolute atomic E-state index is 11.6. The largest absolute Gasteiger partial charge is 0.237 e. The van der Waals surface area contributed by atoms with Gasteiger partial charge in [0.25, 0.3) is 0 Å². The Kier molecular flexibility index (Phi) is 2.26. The van der Waals surface area contributed by atoms with Crippen molar-refractivity contribution >= 4 is 21.1 Å². The summed E-state index contributed by atoms with van der Waals surface area (Å²) in [7, 11) is -3.27. The van der Waals surface area contributed by atoms with E-state index in [-0.39, 0.29) is 0 Å². The molecule has 0 saturated heterocycles. The predicted octanol–water partition coefficient (Wildman–Crippen LogP) is 1.41. The van der Waals surface area contributed by atoms with Crippen molar-refractivity contribution in [2.75, 3.05) is 6.26 Å². The Bertz CT molecular complexity index is 599. The van der Waals surface area contributed by atoms with Crippen LogP contribution in [0.1, 0.15) is 12.7 Å². The van der Waals surface area contributed by atoms with Gasteiger partial charge >= 0.3 is 0 Å². The summed E-state index contributed by atoms with van der Waals surface area (Å²) in [4.78, 5) is 4.28. The summed E-state index contributed by atoms with van der Waals surface area (Å²) in [5.41, 5.74) is 1.37. The monoisotopic (exact) mass is 224 g/mol. The lowest BCUT2D eigenvalue weighted by Crippen LogP contribution is -2.13. The fourth-order valence-corrected chi connectivity index (χ4v) is 2.71. The first-order chi connectivity index (χ1) is 7.04. The van der Waals surface area contributed by atoms with Crippen LogP contribution in [0, 0.1) is 0 Å². The molecule has 0 spiro atoms. The molecule has 15 heavy (non-hydrogen) atoms. The first-order valence-corrected chi connectivity index (χ1v) is 6.55. The molecule has 0 atom stereocenters. The van der Waals surface area contributed by atoms with Crippen molar-refractivity contribution in [3.8, 4) is 0 Å². The average molecular weight is 224 g/mol. The van der Waals surface area contributed by atoms with Crippen LogP contribution in [0.25, 0.3) is 11.0 Å². The fourth-order valence-electron chi connectivity index (χ4n) is 1.65. The Labute approximate surface area is 88.6 Å². The summed E-state index contributed by atoms with van der Waals surface area (Å²) in [6, 6.07) is 7.24. The summed E-state index contributed by atoms with van der Waals surface area (Å²) in [5, 5.41) is 0. The fraction of sp³-hybridized carbons (Fsp3) is 0.300. The number of hydrogen-bond donors (Lipinski definition) is 0. The number of hydrogen-bond acceptors (Lipinski definition) is 3. The van der Waals surface area contributed by atoms with E-state index in [0.717, 1.165) is 5.52 Å². The molecule has 2 rings (SSSR count). The molecule has 0 amide bonds. The van der Waals surface area contributed by atoms with E-state index in [0.29, 0.717) is 17.8 Å². The van der Waals surface area contributed by atoms with Crippen molar-refractivity contribution in [1.29, 1.82) is 0 Å². The van der Waals surface area contributed by atoms with Gasteiger partial charge in [0, 0.05) is 6.42 Å². The number of rotatable bonds is 2. The van der Waals surface area contributed by atoms with Crippen LogP contribution in [0.15, 0.2) is 24.3 Å². The van der Waals surface area contributed by atoms with Crippen LogP contribution in [-0.4, -0.2) is 23.6 Å². The number of fused-ring (bicyclic) bond motifs is 1. The lowest BCUT2D eigenvalue weighted by molar-refractivity contribution is 0.592. The molecule has 0 radical (unpaired) electrons. The summed E-state index contributed by atoms with van der Waals surface area (Å²) < 4.78 is 24.5. The lowest BCUT2D eigenvalue weighted by atomic mass is 10.3. The predicted molar refractivity (Wildman–Crippen MR) is 59.4 cm³/mol. The third-order valence-electron chi connectivity index (χ3n) is 2.23. The molecule has 0 aliphatic carbocycles. The van der Waals surface area contributed by atoms with Gasteiger partial charge in [0.1, 0.15) is 5.82 Å². The number of benzene rings is 1. The lowest BCUT2D eigenvalue weighted by Gasteiger charge is -2.03. The second-order valence-corrected chi connectivity index (χ2v) is 5.23. The van der Waals surface area contributed by atoms with Crippen LogP contribution in [-0.2, 0) is 16.4 Å². The van der Waals surface area contributed by atoms with Crippen molar-refractivity contribution in [3.63, 3.8) is 0 Å². The van der Waals surface area contributed by atoms with Crippen LogP contribution in [0.2, 0.25) is 0 Å². The van der Waals surface area contributed by atoms with E-state index in [2.05, 4.69) is 4.98 Å². The van der Waals surface area contributed by atoms with Gasteiger partial charge in [0.2, 0.25) is 10.0 Å². The van der Waals surface area contributed by atoms with E-state index in [4.69, 9.17) is 0 Å². The molecular weight excluding hydrogens is 212 g/mol. The van der Waals surface area contributed by atoms with Gasteiger partial charge in [-0.15, -0.1) is 0 Å². The van der Waals surface area contributed by atoms with Crippen molar-refractivity contribution in [2.24, 2.45) is 0 Å². The van der Waals surface area contributed by atoms with Gasteiger partial charge in [-0.2, -0.15) is 0 Å². The maximum Gasteiger partial charge on any atom is 0.237 e. The molecule has 1 heterocycles. The Hall–Kier alpha value is -1.36. The molecule has 2 aromatic rings. The van der Waals surface area contributed by atoms with Crippen LogP contribution in [0.3, 0.4) is 0 Å². The Morgan fingerprint density at radius 3 is 2.60 bits per heavy atom. The quantitative estimate of drug-likeness (QED) is 0.775. The van der Waals surface area contributed by atoms with Gasteiger partial charge in [-0.1, -0.05) is 19.1 Å². The highest BCUT2D eigenvalue weighted by molar-refractivity contribution is 7.89. The van der Waals surface area contributed by atoms with Crippen LogP contribution in [0.5, 0.6) is 0 Å². The van der Waals surface area contributed by atoms with E-state index in [9.17, 15) is 8.42 Å². The normalized spacial score (nSPS) is 12.1. The first kappa shape index (κ1) is 10.2. The van der Waals surface area contributed by atoms with E-state index >= 15 is 0 Å². The second-order valence-electron chi connectivity index (χ2n) is 3.40. The van der Waals surface area contributed by atoms with E-state index < -0.39 is 10.0 Å². The number of aryl methyl sites for hydroxylation is 1.